The molecule has 0 spiro atoms. The number of ether oxygens (including phenoxy) is 2. The van der Waals surface area contributed by atoms with Crippen LogP contribution in [0.4, 0.5) is 15.3 Å². The summed E-state index contributed by atoms with van der Waals surface area (Å²) in [6.45, 7) is 1.59. The molecule has 149 valence electrons. The summed E-state index contributed by atoms with van der Waals surface area (Å²) < 4.78 is 9.42. The molecule has 9 heteroatoms. The molecule has 29 heavy (non-hydrogen) atoms. The van der Waals surface area contributed by atoms with Crippen molar-refractivity contribution in [3.63, 3.8) is 0 Å². The largest absolute Gasteiger partial charge is 0.632 e. The fraction of sp³-hybridized carbons (Fsp3) is 0.250. The molecule has 3 N–H and O–H groups in total. The van der Waals surface area contributed by atoms with Gasteiger partial charge in [-0.2, -0.15) is 0 Å². The molecule has 2 aromatic rings. The fourth-order valence-electron chi connectivity index (χ4n) is 3.28. The Morgan fingerprint density at radius 2 is 1.79 bits per heavy atom. The smallest absolute Gasteiger partial charge is 0.407 e. The van der Waals surface area contributed by atoms with Crippen molar-refractivity contribution in [2.45, 2.75) is 18.9 Å². The van der Waals surface area contributed by atoms with Crippen LogP contribution in [0.2, 0.25) is 0 Å². The minimum atomic E-state index is -1.09. The first-order valence-electron chi connectivity index (χ1n) is 8.67. The monoisotopic (exact) mass is 471 g/mol. The number of fused-ring (bicyclic) bond motifs is 3. The van der Waals surface area contributed by atoms with E-state index in [1.54, 1.807) is 13.0 Å². The molecule has 8 nitrogen and oxygen atoms in total. The van der Waals surface area contributed by atoms with Gasteiger partial charge in [-0.25, -0.2) is 4.79 Å². The molecule has 0 heterocycles. The molecule has 2 unspecified atom stereocenters. The fourth-order valence-corrected chi connectivity index (χ4v) is 3.28. The summed E-state index contributed by atoms with van der Waals surface area (Å²) in [4.78, 5) is 34.5. The van der Waals surface area contributed by atoms with E-state index in [1.807, 2.05) is 36.4 Å². The van der Waals surface area contributed by atoms with Crippen molar-refractivity contribution in [1.82, 2.24) is 5.32 Å². The van der Waals surface area contributed by atoms with Crippen LogP contribution < -0.4 is 10.6 Å². The van der Waals surface area contributed by atoms with Gasteiger partial charge in [0.2, 0.25) is 12.0 Å². The molecule has 0 aliphatic heterocycles. The van der Waals surface area contributed by atoms with Crippen LogP contribution in [-0.4, -0.2) is 37.9 Å². The number of hydrogen-bond donors (Lipinski definition) is 2. The van der Waals surface area contributed by atoms with Crippen molar-refractivity contribution >= 4 is 23.8 Å². The Hall–Kier alpha value is -2.45. The maximum absolute atomic E-state index is 12.3. The summed E-state index contributed by atoms with van der Waals surface area (Å²) in [6, 6.07) is 12.5. The van der Waals surface area contributed by atoms with E-state index in [2.05, 4.69) is 15.4 Å². The van der Waals surface area contributed by atoms with Gasteiger partial charge >= 0.3 is 6.09 Å². The van der Waals surface area contributed by atoms with Crippen LogP contribution in [0, 0.1) is 0 Å². The molecule has 3 amide bonds. The van der Waals surface area contributed by atoms with E-state index >= 15 is 0 Å². The molecule has 1 radical (unpaired) electrons. The van der Waals surface area contributed by atoms with Crippen molar-refractivity contribution in [3.8, 4) is 11.1 Å². The standard InChI is InChI=1S/C20H21N3O5.Y/c1-11(22-20(26)27-2)18(24)23-12-7-8-15-13-5-3-4-6-14(13)17(16(15)9-12)10-28-19(21)25;/h3-9,11,17H,10H2,1-2H3,(H4,21,22,23,24,25,26);/p-1. The van der Waals surface area contributed by atoms with Crippen LogP contribution in [0.5, 0.6) is 0 Å². The molecule has 1 aliphatic rings. The third-order valence-corrected chi connectivity index (χ3v) is 4.62. The summed E-state index contributed by atoms with van der Waals surface area (Å²) in [5, 5.41) is 5.17. The number of rotatable bonds is 5. The zero-order valence-corrected chi connectivity index (χ0v) is 18.9. The van der Waals surface area contributed by atoms with Crippen LogP contribution in [-0.2, 0) is 47.0 Å². The van der Waals surface area contributed by atoms with Crippen LogP contribution in [0.1, 0.15) is 24.0 Å². The minimum absolute atomic E-state index is 0. The number of alkyl carbamates (subject to hydrolysis) is 1. The first kappa shape index (κ1) is 22.8. The normalized spacial score (nSPS) is 14.5. The summed E-state index contributed by atoms with van der Waals surface area (Å²) in [5.41, 5.74) is 11.5. The summed E-state index contributed by atoms with van der Waals surface area (Å²) in [5.74, 6) is -0.613. The number of carbonyl (C=O) groups excluding carboxylic acids is 3. The number of carbonyl (C=O) groups is 3. The Morgan fingerprint density at radius 3 is 2.48 bits per heavy atom. The molecular weight excluding hydrogens is 451 g/mol. The van der Waals surface area contributed by atoms with Crippen LogP contribution >= 0.6 is 0 Å². The second kappa shape index (κ2) is 9.85. The Kier molecular flexibility index (Phi) is 7.76. The Bertz CT molecular complexity index is 934. The van der Waals surface area contributed by atoms with E-state index in [1.165, 1.54) is 7.11 Å². The average molecular weight is 471 g/mol. The van der Waals surface area contributed by atoms with Crippen molar-refractivity contribution in [2.24, 2.45) is 0 Å². The quantitative estimate of drug-likeness (QED) is 0.690. The maximum atomic E-state index is 12.3. The van der Waals surface area contributed by atoms with Gasteiger partial charge in [-0.15, -0.1) is 0 Å². The van der Waals surface area contributed by atoms with E-state index in [4.69, 9.17) is 10.5 Å². The van der Waals surface area contributed by atoms with Gasteiger partial charge in [0.1, 0.15) is 12.6 Å². The molecule has 0 bridgehead atoms. The Labute approximate surface area is 193 Å². The average Bonchev–Trinajstić information content (AvgIpc) is 2.99. The van der Waals surface area contributed by atoms with Gasteiger partial charge in [-0.05, 0) is 41.3 Å². The van der Waals surface area contributed by atoms with Gasteiger partial charge in [0.25, 0.3) is 0 Å². The zero-order chi connectivity index (χ0) is 20.3. The molecule has 0 aromatic heterocycles. The number of amides is 3. The van der Waals surface area contributed by atoms with Gasteiger partial charge < -0.3 is 25.8 Å². The van der Waals surface area contributed by atoms with E-state index in [9.17, 15) is 14.4 Å². The zero-order valence-electron chi connectivity index (χ0n) is 16.0. The van der Waals surface area contributed by atoms with Crippen LogP contribution in [0.15, 0.2) is 42.5 Å². The molecule has 1 aliphatic carbocycles. The second-order valence-electron chi connectivity index (χ2n) is 6.39. The molecule has 0 saturated carbocycles. The number of anilines is 1. The van der Waals surface area contributed by atoms with Crippen LogP contribution in [0.3, 0.4) is 0 Å². The van der Waals surface area contributed by atoms with Crippen molar-refractivity contribution in [3.05, 3.63) is 59.3 Å². The predicted octanol–water partition coefficient (Wildman–Crippen LogP) is 3.67. The van der Waals surface area contributed by atoms with Crippen molar-refractivity contribution < 1.29 is 56.6 Å². The van der Waals surface area contributed by atoms with Crippen LogP contribution in [0.25, 0.3) is 16.9 Å². The number of benzene rings is 2. The molecule has 3 rings (SSSR count). The van der Waals surface area contributed by atoms with Gasteiger partial charge in [-0.3, -0.25) is 9.59 Å². The third-order valence-electron chi connectivity index (χ3n) is 4.62. The summed E-state index contributed by atoms with van der Waals surface area (Å²) in [6.07, 6.45) is -1.78. The summed E-state index contributed by atoms with van der Waals surface area (Å²) in [7, 11) is 1.22. The molecular formula is C20H20N3O5Y-. The van der Waals surface area contributed by atoms with Crippen molar-refractivity contribution in [1.29, 1.82) is 0 Å². The molecule has 2 aromatic carbocycles. The van der Waals surface area contributed by atoms with Gasteiger partial charge in [0, 0.05) is 44.3 Å². The number of hydrogen-bond acceptors (Lipinski definition) is 5. The predicted molar refractivity (Wildman–Crippen MR) is 103 cm³/mol. The molecule has 0 saturated heterocycles. The van der Waals surface area contributed by atoms with E-state index in [0.29, 0.717) is 5.69 Å². The van der Waals surface area contributed by atoms with Crippen molar-refractivity contribution in [2.75, 3.05) is 19.0 Å². The van der Waals surface area contributed by atoms with Gasteiger partial charge in [-0.1, -0.05) is 30.3 Å². The third kappa shape index (κ3) is 5.13. The van der Waals surface area contributed by atoms with E-state index in [-0.39, 0.29) is 45.2 Å². The minimum Gasteiger partial charge on any atom is -0.632 e. The van der Waals surface area contributed by atoms with E-state index in [0.717, 1.165) is 22.3 Å². The molecule has 0 fully saturated rings. The maximum Gasteiger partial charge on any atom is 0.407 e. The Balaban J connectivity index is 0.00000300. The first-order chi connectivity index (χ1) is 13.4. The molecule has 2 atom stereocenters. The SMILES string of the molecule is COC(=O)NC(C)C(=O)Nc1ccc2c(c1)C(COC([NH-])=O)c1ccccc1-2.[Y]. The van der Waals surface area contributed by atoms with E-state index < -0.39 is 24.1 Å². The van der Waals surface area contributed by atoms with Gasteiger partial charge in [0.15, 0.2) is 0 Å². The van der Waals surface area contributed by atoms with Gasteiger partial charge in [0.05, 0.1) is 7.11 Å². The second-order valence-corrected chi connectivity index (χ2v) is 6.39. The summed E-state index contributed by atoms with van der Waals surface area (Å²) >= 11 is 0. The number of methoxy groups -OCH3 is 1. The number of nitrogens with one attached hydrogen (secondary N) is 3. The first-order valence-corrected chi connectivity index (χ1v) is 8.67. The topological polar surface area (TPSA) is 118 Å². The Morgan fingerprint density at radius 1 is 1.10 bits per heavy atom.